The van der Waals surface area contributed by atoms with Crippen LogP contribution in [0, 0.1) is 6.92 Å². The molecule has 1 saturated heterocycles. The summed E-state index contributed by atoms with van der Waals surface area (Å²) in [5.74, 6) is 0.878. The first-order valence-corrected chi connectivity index (χ1v) is 8.92. The van der Waals surface area contributed by atoms with Crippen LogP contribution in [0.2, 0.25) is 0 Å². The van der Waals surface area contributed by atoms with Gasteiger partial charge in [0, 0.05) is 43.8 Å². The lowest BCUT2D eigenvalue weighted by Crippen LogP contribution is -2.17. The molecule has 1 N–H and O–H groups in total. The predicted molar refractivity (Wildman–Crippen MR) is 93.5 cm³/mol. The summed E-state index contributed by atoms with van der Waals surface area (Å²) in [5.41, 5.74) is 3.16. The predicted octanol–water partition coefficient (Wildman–Crippen LogP) is 2.75. The van der Waals surface area contributed by atoms with Gasteiger partial charge in [0.25, 0.3) is 0 Å². The molecule has 0 aliphatic carbocycles. The molecule has 0 unspecified atom stereocenters. The van der Waals surface area contributed by atoms with Crippen LogP contribution in [0.4, 0.5) is 10.9 Å². The van der Waals surface area contributed by atoms with E-state index in [9.17, 15) is 0 Å². The molecule has 0 atom stereocenters. The monoisotopic (exact) mass is 328 g/mol. The SMILES string of the molecule is Cc1cc2c(NCCc3csc(N4CCCC4)n3)nccn2n1. The van der Waals surface area contributed by atoms with Crippen molar-refractivity contribution in [1.29, 1.82) is 0 Å². The van der Waals surface area contributed by atoms with Gasteiger partial charge >= 0.3 is 0 Å². The third-order valence-electron chi connectivity index (χ3n) is 4.10. The van der Waals surface area contributed by atoms with Gasteiger partial charge in [-0.2, -0.15) is 5.10 Å². The fourth-order valence-electron chi connectivity index (χ4n) is 2.95. The third-order valence-corrected chi connectivity index (χ3v) is 5.05. The van der Waals surface area contributed by atoms with Crippen molar-refractivity contribution >= 4 is 27.8 Å². The summed E-state index contributed by atoms with van der Waals surface area (Å²) in [6, 6.07) is 2.05. The van der Waals surface area contributed by atoms with E-state index in [1.54, 1.807) is 17.5 Å². The second kappa shape index (κ2) is 6.16. The van der Waals surface area contributed by atoms with Gasteiger partial charge < -0.3 is 10.2 Å². The lowest BCUT2D eigenvalue weighted by molar-refractivity contribution is 0.908. The van der Waals surface area contributed by atoms with Crippen molar-refractivity contribution in [2.75, 3.05) is 29.9 Å². The van der Waals surface area contributed by atoms with Crippen LogP contribution in [0.1, 0.15) is 24.2 Å². The van der Waals surface area contributed by atoms with Crippen LogP contribution in [0.15, 0.2) is 23.8 Å². The second-order valence-electron chi connectivity index (χ2n) is 5.88. The van der Waals surface area contributed by atoms with Gasteiger partial charge in [0.1, 0.15) is 5.52 Å². The Labute approximate surface area is 139 Å². The quantitative estimate of drug-likeness (QED) is 0.780. The maximum atomic E-state index is 4.76. The molecule has 0 spiro atoms. The summed E-state index contributed by atoms with van der Waals surface area (Å²) in [4.78, 5) is 11.6. The molecule has 23 heavy (non-hydrogen) atoms. The number of nitrogens with zero attached hydrogens (tertiary/aromatic N) is 5. The molecule has 4 heterocycles. The molecule has 1 aliphatic heterocycles. The second-order valence-corrected chi connectivity index (χ2v) is 6.72. The topological polar surface area (TPSA) is 58.3 Å². The smallest absolute Gasteiger partial charge is 0.185 e. The molecule has 0 bridgehead atoms. The number of hydrogen-bond donors (Lipinski definition) is 1. The summed E-state index contributed by atoms with van der Waals surface area (Å²) in [5, 5.41) is 11.2. The van der Waals surface area contributed by atoms with Crippen molar-refractivity contribution < 1.29 is 0 Å². The van der Waals surface area contributed by atoms with Crippen LogP contribution in [-0.2, 0) is 6.42 Å². The highest BCUT2D eigenvalue weighted by Crippen LogP contribution is 2.24. The van der Waals surface area contributed by atoms with Gasteiger partial charge in [-0.15, -0.1) is 11.3 Å². The highest BCUT2D eigenvalue weighted by atomic mass is 32.1. The maximum Gasteiger partial charge on any atom is 0.185 e. The highest BCUT2D eigenvalue weighted by molar-refractivity contribution is 7.13. The van der Waals surface area contributed by atoms with E-state index in [1.807, 2.05) is 23.7 Å². The summed E-state index contributed by atoms with van der Waals surface area (Å²) < 4.78 is 1.86. The molecule has 120 valence electrons. The minimum atomic E-state index is 0.820. The molecule has 4 rings (SSSR count). The van der Waals surface area contributed by atoms with E-state index < -0.39 is 0 Å². The van der Waals surface area contributed by atoms with Gasteiger partial charge in [0.05, 0.1) is 11.4 Å². The van der Waals surface area contributed by atoms with E-state index in [-0.39, 0.29) is 0 Å². The molecule has 1 aliphatic rings. The largest absolute Gasteiger partial charge is 0.368 e. The lowest BCUT2D eigenvalue weighted by atomic mass is 10.3. The van der Waals surface area contributed by atoms with Gasteiger partial charge in [0.15, 0.2) is 10.9 Å². The van der Waals surface area contributed by atoms with E-state index in [2.05, 4.69) is 25.7 Å². The summed E-state index contributed by atoms with van der Waals surface area (Å²) >= 11 is 1.76. The Bertz CT molecular complexity index is 802. The molecule has 3 aromatic heterocycles. The van der Waals surface area contributed by atoms with Gasteiger partial charge in [-0.05, 0) is 25.8 Å². The molecule has 6 nitrogen and oxygen atoms in total. The molecule has 1 fully saturated rings. The Morgan fingerprint density at radius 3 is 3.04 bits per heavy atom. The number of hydrogen-bond acceptors (Lipinski definition) is 6. The zero-order chi connectivity index (χ0) is 15.6. The van der Waals surface area contributed by atoms with E-state index in [4.69, 9.17) is 4.98 Å². The average Bonchev–Trinajstić information content (AvgIpc) is 3.26. The van der Waals surface area contributed by atoms with Crippen LogP contribution in [0.25, 0.3) is 5.52 Å². The molecule has 7 heteroatoms. The molecule has 0 radical (unpaired) electrons. The van der Waals surface area contributed by atoms with Crippen molar-refractivity contribution in [1.82, 2.24) is 19.6 Å². The van der Waals surface area contributed by atoms with Crippen LogP contribution < -0.4 is 10.2 Å². The van der Waals surface area contributed by atoms with E-state index in [0.717, 1.165) is 48.8 Å². The van der Waals surface area contributed by atoms with E-state index in [1.165, 1.54) is 18.0 Å². The van der Waals surface area contributed by atoms with Crippen LogP contribution in [0.5, 0.6) is 0 Å². The fraction of sp³-hybridized carbons (Fsp3) is 0.438. The van der Waals surface area contributed by atoms with Gasteiger partial charge in [-0.25, -0.2) is 14.5 Å². The van der Waals surface area contributed by atoms with Crippen molar-refractivity contribution in [3.8, 4) is 0 Å². The first-order valence-electron chi connectivity index (χ1n) is 8.04. The number of nitrogens with one attached hydrogen (secondary N) is 1. The Kier molecular flexibility index (Phi) is 3.87. The molecule has 3 aromatic rings. The zero-order valence-corrected chi connectivity index (χ0v) is 14.0. The maximum absolute atomic E-state index is 4.76. The Balaban J connectivity index is 1.39. The minimum Gasteiger partial charge on any atom is -0.368 e. The Morgan fingerprint density at radius 1 is 1.30 bits per heavy atom. The van der Waals surface area contributed by atoms with Crippen molar-refractivity contribution in [2.24, 2.45) is 0 Å². The summed E-state index contributed by atoms with van der Waals surface area (Å²) in [7, 11) is 0. The number of anilines is 2. The van der Waals surface area contributed by atoms with E-state index >= 15 is 0 Å². The summed E-state index contributed by atoms with van der Waals surface area (Å²) in [6.45, 7) is 5.11. The van der Waals surface area contributed by atoms with Gasteiger partial charge in [-0.1, -0.05) is 0 Å². The lowest BCUT2D eigenvalue weighted by Gasteiger charge is -2.12. The summed E-state index contributed by atoms with van der Waals surface area (Å²) in [6.07, 6.45) is 7.13. The minimum absolute atomic E-state index is 0.820. The first-order chi connectivity index (χ1) is 11.3. The van der Waals surface area contributed by atoms with Crippen LogP contribution in [0.3, 0.4) is 0 Å². The Hall–Kier alpha value is -2.15. The van der Waals surface area contributed by atoms with Crippen molar-refractivity contribution in [3.63, 3.8) is 0 Å². The number of aromatic nitrogens is 4. The third kappa shape index (κ3) is 3.01. The normalized spacial score (nSPS) is 14.7. The molecular weight excluding hydrogens is 308 g/mol. The number of fused-ring (bicyclic) bond motifs is 1. The average molecular weight is 328 g/mol. The van der Waals surface area contributed by atoms with Crippen molar-refractivity contribution in [3.05, 3.63) is 35.2 Å². The Morgan fingerprint density at radius 2 is 2.17 bits per heavy atom. The van der Waals surface area contributed by atoms with Crippen LogP contribution in [-0.4, -0.2) is 39.2 Å². The number of aryl methyl sites for hydroxylation is 1. The van der Waals surface area contributed by atoms with Gasteiger partial charge in [-0.3, -0.25) is 0 Å². The van der Waals surface area contributed by atoms with Crippen molar-refractivity contribution in [2.45, 2.75) is 26.2 Å². The molecule has 0 saturated carbocycles. The van der Waals surface area contributed by atoms with Gasteiger partial charge in [0.2, 0.25) is 0 Å². The highest BCUT2D eigenvalue weighted by Gasteiger charge is 2.15. The van der Waals surface area contributed by atoms with E-state index in [0.29, 0.717) is 0 Å². The fourth-order valence-corrected chi connectivity index (χ4v) is 3.87. The zero-order valence-electron chi connectivity index (χ0n) is 13.2. The number of rotatable bonds is 5. The first kappa shape index (κ1) is 14.4. The molecular formula is C16H20N6S. The number of thiazole rings is 1. The van der Waals surface area contributed by atoms with Crippen LogP contribution >= 0.6 is 11.3 Å². The molecule has 0 amide bonds. The molecule has 0 aromatic carbocycles. The standard InChI is InChI=1S/C16H20N6S/c1-12-10-14-15(18-6-9-22(14)20-12)17-5-4-13-11-23-16(19-13)21-7-2-3-8-21/h6,9-11H,2-5,7-8H2,1H3,(H,17,18).